The zero-order valence-electron chi connectivity index (χ0n) is 16.8. The molecule has 0 aliphatic carbocycles. The van der Waals surface area contributed by atoms with Crippen LogP contribution in [0.1, 0.15) is 41.3 Å². The Morgan fingerprint density at radius 3 is 2.26 bits per heavy atom. The number of nitro groups is 1. The van der Waals surface area contributed by atoms with Crippen molar-refractivity contribution in [3.63, 3.8) is 0 Å². The molecule has 0 heterocycles. The van der Waals surface area contributed by atoms with Gasteiger partial charge in [0, 0.05) is 22.8 Å². The number of ketones is 1. The number of benzene rings is 3. The van der Waals surface area contributed by atoms with Crippen LogP contribution in [-0.4, -0.2) is 23.7 Å². The number of unbranched alkanes of at least 4 members (excludes halogenated alkanes) is 1. The third kappa shape index (κ3) is 5.04. The normalized spacial score (nSPS) is 11.3. The Balaban J connectivity index is 2.18. The molecule has 0 radical (unpaired) electrons. The molecule has 0 aliphatic heterocycles. The van der Waals surface area contributed by atoms with Crippen LogP contribution < -0.4 is 0 Å². The topological polar surface area (TPSA) is 117 Å². The highest BCUT2D eigenvalue weighted by Crippen LogP contribution is 2.36. The van der Waals surface area contributed by atoms with Crippen molar-refractivity contribution in [3.05, 3.63) is 93.5 Å². The molecule has 0 fully saturated rings. The molecule has 3 aromatic rings. The van der Waals surface area contributed by atoms with E-state index in [0.29, 0.717) is 12.0 Å². The zero-order valence-corrected chi connectivity index (χ0v) is 17.6. The molecule has 8 heteroatoms. The highest BCUT2D eigenvalue weighted by Gasteiger charge is 2.23. The standard InChI is InChI=1S/C23H21NO6S/c1-2-3-7-16-10-13-22(31(28,29)30)20(14-16)19-12-11-18(15-21(19)24(26)27)23(25)17-8-5-4-6-9-17/h4-6,8-15H,2-3,7H2,1H3,(H,28,29,30)/p-1. The minimum absolute atomic E-state index is 0.0256. The van der Waals surface area contributed by atoms with Crippen LogP contribution in [0.5, 0.6) is 0 Å². The van der Waals surface area contributed by atoms with Crippen LogP contribution in [0.25, 0.3) is 11.1 Å². The lowest BCUT2D eigenvalue weighted by molar-refractivity contribution is -0.384. The Kier molecular flexibility index (Phi) is 6.62. The number of nitro benzene ring substituents is 1. The highest BCUT2D eigenvalue weighted by atomic mass is 32.2. The predicted octanol–water partition coefficient (Wildman–Crippen LogP) is 4.74. The number of carbonyl (C=O) groups is 1. The van der Waals surface area contributed by atoms with Gasteiger partial charge in [-0.15, -0.1) is 0 Å². The smallest absolute Gasteiger partial charge is 0.277 e. The fourth-order valence-electron chi connectivity index (χ4n) is 3.35. The fraction of sp³-hybridized carbons (Fsp3) is 0.174. The lowest BCUT2D eigenvalue weighted by Crippen LogP contribution is -2.05. The summed E-state index contributed by atoms with van der Waals surface area (Å²) in [7, 11) is -4.87. The van der Waals surface area contributed by atoms with E-state index in [4.69, 9.17) is 0 Å². The lowest BCUT2D eigenvalue weighted by atomic mass is 9.96. The van der Waals surface area contributed by atoms with Crippen molar-refractivity contribution in [2.45, 2.75) is 31.1 Å². The summed E-state index contributed by atoms with van der Waals surface area (Å²) < 4.78 is 35.4. The summed E-state index contributed by atoms with van der Waals surface area (Å²) in [5, 5.41) is 11.8. The third-order valence-electron chi connectivity index (χ3n) is 4.92. The van der Waals surface area contributed by atoms with Gasteiger partial charge in [0.05, 0.1) is 15.4 Å². The number of hydrogen-bond donors (Lipinski definition) is 0. The van der Waals surface area contributed by atoms with Crippen molar-refractivity contribution in [2.24, 2.45) is 0 Å². The SMILES string of the molecule is CCCCc1ccc(S(=O)(=O)[O-])c(-c2ccc(C(=O)c3ccccc3)cc2[N+](=O)[O-])c1. The molecule has 0 N–H and O–H groups in total. The van der Waals surface area contributed by atoms with Crippen LogP contribution in [0, 0.1) is 10.1 Å². The number of carbonyl (C=O) groups excluding carboxylic acids is 1. The average molecular weight is 438 g/mol. The molecule has 0 amide bonds. The van der Waals surface area contributed by atoms with Crippen molar-refractivity contribution in [1.29, 1.82) is 0 Å². The van der Waals surface area contributed by atoms with E-state index in [9.17, 15) is 27.9 Å². The number of rotatable bonds is 8. The molecule has 160 valence electrons. The maximum atomic E-state index is 12.7. The van der Waals surface area contributed by atoms with Gasteiger partial charge in [0.2, 0.25) is 0 Å². The average Bonchev–Trinajstić information content (AvgIpc) is 2.76. The van der Waals surface area contributed by atoms with E-state index in [1.165, 1.54) is 24.3 Å². The molecule has 3 aromatic carbocycles. The molecule has 3 rings (SSSR count). The quantitative estimate of drug-likeness (QED) is 0.217. The first-order valence-electron chi connectivity index (χ1n) is 9.69. The fourth-order valence-corrected chi connectivity index (χ4v) is 4.02. The van der Waals surface area contributed by atoms with Gasteiger partial charge in [-0.2, -0.15) is 0 Å². The van der Waals surface area contributed by atoms with E-state index >= 15 is 0 Å². The summed E-state index contributed by atoms with van der Waals surface area (Å²) in [5.41, 5.74) is 0.725. The van der Waals surface area contributed by atoms with Gasteiger partial charge in [0.25, 0.3) is 5.69 Å². The van der Waals surface area contributed by atoms with Crippen molar-refractivity contribution >= 4 is 21.6 Å². The predicted molar refractivity (Wildman–Crippen MR) is 115 cm³/mol. The van der Waals surface area contributed by atoms with Crippen LogP contribution in [0.15, 0.2) is 71.6 Å². The van der Waals surface area contributed by atoms with Gasteiger partial charge in [-0.05, 0) is 42.7 Å². The first-order valence-corrected chi connectivity index (χ1v) is 11.1. The van der Waals surface area contributed by atoms with Gasteiger partial charge >= 0.3 is 0 Å². The van der Waals surface area contributed by atoms with E-state index in [1.54, 1.807) is 36.4 Å². The van der Waals surface area contributed by atoms with Gasteiger partial charge < -0.3 is 4.55 Å². The monoisotopic (exact) mass is 438 g/mol. The molecule has 0 atom stereocenters. The van der Waals surface area contributed by atoms with Crippen molar-refractivity contribution < 1.29 is 22.7 Å². The van der Waals surface area contributed by atoms with Crippen LogP contribution in [0.3, 0.4) is 0 Å². The third-order valence-corrected chi connectivity index (χ3v) is 5.81. The van der Waals surface area contributed by atoms with Gasteiger partial charge in [0.15, 0.2) is 5.78 Å². The summed E-state index contributed by atoms with van der Waals surface area (Å²) in [5.74, 6) is -0.399. The molecule has 0 saturated heterocycles. The van der Waals surface area contributed by atoms with Crippen molar-refractivity contribution in [3.8, 4) is 11.1 Å². The molecule has 0 saturated carbocycles. The van der Waals surface area contributed by atoms with Gasteiger partial charge in [-0.1, -0.05) is 49.7 Å². The van der Waals surface area contributed by atoms with Crippen molar-refractivity contribution in [1.82, 2.24) is 0 Å². The molecule has 0 bridgehead atoms. The number of nitrogens with zero attached hydrogens (tertiary/aromatic N) is 1. The summed E-state index contributed by atoms with van der Waals surface area (Å²) in [6.45, 7) is 2.00. The lowest BCUT2D eigenvalue weighted by Gasteiger charge is -2.15. The van der Waals surface area contributed by atoms with Gasteiger partial charge in [-0.25, -0.2) is 8.42 Å². The Bertz CT molecular complexity index is 1240. The van der Waals surface area contributed by atoms with E-state index in [0.717, 1.165) is 24.5 Å². The Morgan fingerprint density at radius 1 is 0.935 bits per heavy atom. The van der Waals surface area contributed by atoms with Crippen LogP contribution in [0.2, 0.25) is 0 Å². The van der Waals surface area contributed by atoms with E-state index in [1.807, 2.05) is 6.92 Å². The summed E-state index contributed by atoms with van der Waals surface area (Å²) >= 11 is 0. The number of hydrogen-bond acceptors (Lipinski definition) is 6. The zero-order chi connectivity index (χ0) is 22.6. The van der Waals surface area contributed by atoms with E-state index in [-0.39, 0.29) is 16.7 Å². The van der Waals surface area contributed by atoms with E-state index < -0.39 is 31.4 Å². The molecule has 0 unspecified atom stereocenters. The highest BCUT2D eigenvalue weighted by molar-refractivity contribution is 7.85. The van der Waals surface area contributed by atoms with Crippen LogP contribution in [0.4, 0.5) is 5.69 Å². The molecular formula is C23H20NO6S-. The molecule has 0 spiro atoms. The molecule has 0 aromatic heterocycles. The Labute approximate surface area is 180 Å². The minimum atomic E-state index is -4.87. The summed E-state index contributed by atoms with van der Waals surface area (Å²) in [6.07, 6.45) is 2.39. The largest absolute Gasteiger partial charge is 0.744 e. The van der Waals surface area contributed by atoms with Crippen LogP contribution in [-0.2, 0) is 16.5 Å². The maximum Gasteiger partial charge on any atom is 0.277 e. The first-order chi connectivity index (χ1) is 14.7. The molecule has 31 heavy (non-hydrogen) atoms. The second-order valence-electron chi connectivity index (χ2n) is 7.07. The van der Waals surface area contributed by atoms with Gasteiger partial charge in [0.1, 0.15) is 10.1 Å². The first kappa shape index (κ1) is 22.3. The Hall–Kier alpha value is -3.36. The molecule has 7 nitrogen and oxygen atoms in total. The minimum Gasteiger partial charge on any atom is -0.744 e. The number of aryl methyl sites for hydroxylation is 1. The molecule has 0 aliphatic rings. The summed E-state index contributed by atoms with van der Waals surface area (Å²) in [6, 6.07) is 16.4. The molecular weight excluding hydrogens is 418 g/mol. The van der Waals surface area contributed by atoms with Crippen LogP contribution >= 0.6 is 0 Å². The van der Waals surface area contributed by atoms with Gasteiger partial charge in [-0.3, -0.25) is 14.9 Å². The Morgan fingerprint density at radius 2 is 1.65 bits per heavy atom. The second kappa shape index (κ2) is 9.20. The second-order valence-corrected chi connectivity index (χ2v) is 8.42. The van der Waals surface area contributed by atoms with Crippen molar-refractivity contribution in [2.75, 3.05) is 0 Å². The van der Waals surface area contributed by atoms with E-state index in [2.05, 4.69) is 0 Å². The maximum absolute atomic E-state index is 12.7. The summed E-state index contributed by atoms with van der Waals surface area (Å²) in [4.78, 5) is 23.3.